The number of rotatable bonds is 15. The fourth-order valence-electron chi connectivity index (χ4n) is 5.70. The number of hydrogen-bond acceptors (Lipinski definition) is 3. The van der Waals surface area contributed by atoms with Gasteiger partial charge >= 0.3 is 30.9 Å². The predicted molar refractivity (Wildman–Crippen MR) is 169 cm³/mol. The molecule has 0 bridgehead atoms. The van der Waals surface area contributed by atoms with Crippen molar-refractivity contribution in [1.82, 2.24) is 5.32 Å². The number of carboxylic acids is 1. The Labute approximate surface area is 303 Å². The monoisotopic (exact) mass is 797 g/mol. The van der Waals surface area contributed by atoms with Gasteiger partial charge in [0.05, 0.1) is 16.7 Å². The molecule has 0 spiro atoms. The molecule has 0 aliphatic heterocycles. The van der Waals surface area contributed by atoms with E-state index in [9.17, 15) is 62.3 Å². The van der Waals surface area contributed by atoms with Crippen LogP contribution in [-0.2, 0) is 35.5 Å². The quantitative estimate of drug-likeness (QED) is 0.0928. The molecule has 4 aromatic rings. The molecule has 0 radical (unpaired) electrons. The summed E-state index contributed by atoms with van der Waals surface area (Å²) in [6.07, 6.45) is -19.4. The second-order valence-corrected chi connectivity index (χ2v) is 12.3. The zero-order valence-electron chi connectivity index (χ0n) is 27.9. The zero-order chi connectivity index (χ0) is 40.9. The number of aliphatic carboxylic acids is 1. The number of carboxylic acid groups (broad SMARTS) is 1. The van der Waals surface area contributed by atoms with Gasteiger partial charge in [0.25, 0.3) is 5.91 Å². The minimum Gasteiger partial charge on any atom is -0.481 e. The van der Waals surface area contributed by atoms with Crippen molar-refractivity contribution in [2.75, 3.05) is 0 Å². The number of alkyl halides is 10. The first-order valence-corrected chi connectivity index (χ1v) is 16.0. The van der Waals surface area contributed by atoms with Crippen LogP contribution in [0.15, 0.2) is 78.9 Å². The van der Waals surface area contributed by atoms with Crippen LogP contribution in [0.3, 0.4) is 0 Å². The maximum Gasteiger partial charge on any atom is 0.461 e. The third-order valence-electron chi connectivity index (χ3n) is 8.35. The van der Waals surface area contributed by atoms with Crippen molar-refractivity contribution in [3.63, 3.8) is 0 Å². The lowest BCUT2D eigenvalue weighted by atomic mass is 9.76. The number of hydrogen-bond donors (Lipinski definition) is 2. The summed E-state index contributed by atoms with van der Waals surface area (Å²) in [5, 5.41) is 11.0. The normalized spacial score (nSPS) is 13.4. The molecule has 18 heteroatoms. The highest BCUT2D eigenvalue weighted by Gasteiger charge is 2.46. The standard InChI is InChI=1S/C37H28F13NO4/c38-25-15-24(16-26(18-25)55-37(49,50)33(41)42)34(23-11-13-30(40)28(17-23)36(46,47)48,51-32(54)22-10-12-29(39)27(14-22)35(43,44)45)19-21-8-6-20(7-9-21)4-2-1-3-5-31(52)53/h6-18,33H,1-5,19H2,(H,51,54)(H,52,53). The second kappa shape index (κ2) is 16.6. The Morgan fingerprint density at radius 2 is 1.25 bits per heavy atom. The van der Waals surface area contributed by atoms with Crippen molar-refractivity contribution in [2.45, 2.75) is 69.0 Å². The average molecular weight is 798 g/mol. The highest BCUT2D eigenvalue weighted by atomic mass is 19.4. The summed E-state index contributed by atoms with van der Waals surface area (Å²) >= 11 is 0. The van der Waals surface area contributed by atoms with Gasteiger partial charge in [0.15, 0.2) is 0 Å². The van der Waals surface area contributed by atoms with E-state index in [4.69, 9.17) is 5.11 Å². The lowest BCUT2D eigenvalue weighted by molar-refractivity contribution is -0.253. The van der Waals surface area contributed by atoms with Crippen molar-refractivity contribution >= 4 is 11.9 Å². The van der Waals surface area contributed by atoms with Crippen LogP contribution < -0.4 is 10.1 Å². The molecule has 5 nitrogen and oxygen atoms in total. The molecule has 0 saturated carbocycles. The Kier molecular flexibility index (Phi) is 12.8. The van der Waals surface area contributed by atoms with Crippen LogP contribution in [0, 0.1) is 17.5 Å². The maximum absolute atomic E-state index is 15.2. The summed E-state index contributed by atoms with van der Waals surface area (Å²) in [4.78, 5) is 24.6. The first kappa shape index (κ1) is 42.5. The first-order chi connectivity index (χ1) is 25.5. The Hall–Kier alpha value is -5.29. The number of nitrogens with one attached hydrogen (secondary N) is 1. The SMILES string of the molecule is O=C(O)CCCCCc1ccc(CC(NC(=O)c2ccc(F)c(C(F)(F)F)c2)(c2cc(F)cc(OC(F)(F)C(F)F)c2)c2ccc(F)c(C(F)(F)F)c2)cc1. The predicted octanol–water partition coefficient (Wildman–Crippen LogP) is 10.5. The summed E-state index contributed by atoms with van der Waals surface area (Å²) < 4.78 is 185. The van der Waals surface area contributed by atoms with E-state index in [1.54, 1.807) is 0 Å². The molecule has 4 aromatic carbocycles. The Bertz CT molecular complexity index is 2000. The first-order valence-electron chi connectivity index (χ1n) is 16.0. The van der Waals surface area contributed by atoms with Gasteiger partial charge in [0.2, 0.25) is 0 Å². The number of unbranched alkanes of at least 4 members (excludes halogenated alkanes) is 2. The van der Waals surface area contributed by atoms with Gasteiger partial charge in [-0.2, -0.15) is 43.9 Å². The zero-order valence-corrected chi connectivity index (χ0v) is 27.9. The van der Waals surface area contributed by atoms with Gasteiger partial charge in [-0.15, -0.1) is 0 Å². The van der Waals surface area contributed by atoms with Gasteiger partial charge in [-0.1, -0.05) is 36.8 Å². The summed E-state index contributed by atoms with van der Waals surface area (Å²) in [6.45, 7) is 0. The molecule has 296 valence electrons. The lowest BCUT2D eigenvalue weighted by Crippen LogP contribution is -2.49. The minimum absolute atomic E-state index is 0.0613. The Morgan fingerprint density at radius 3 is 1.84 bits per heavy atom. The van der Waals surface area contributed by atoms with Crippen molar-refractivity contribution in [2.24, 2.45) is 0 Å². The van der Waals surface area contributed by atoms with E-state index in [2.05, 4.69) is 10.1 Å². The topological polar surface area (TPSA) is 75.6 Å². The van der Waals surface area contributed by atoms with Crippen LogP contribution in [-0.4, -0.2) is 29.5 Å². The molecule has 1 atom stereocenters. The van der Waals surface area contributed by atoms with E-state index < -0.39 is 99.7 Å². The van der Waals surface area contributed by atoms with Gasteiger partial charge < -0.3 is 15.2 Å². The average Bonchev–Trinajstić information content (AvgIpc) is 3.07. The van der Waals surface area contributed by atoms with Crippen molar-refractivity contribution in [1.29, 1.82) is 0 Å². The van der Waals surface area contributed by atoms with E-state index in [0.29, 0.717) is 61.6 Å². The lowest BCUT2D eigenvalue weighted by Gasteiger charge is -2.37. The van der Waals surface area contributed by atoms with Crippen LogP contribution in [0.4, 0.5) is 57.1 Å². The fourth-order valence-corrected chi connectivity index (χ4v) is 5.70. The van der Waals surface area contributed by atoms with E-state index in [0.717, 1.165) is 0 Å². The number of carbonyl (C=O) groups is 2. The van der Waals surface area contributed by atoms with E-state index in [-0.39, 0.29) is 36.2 Å². The summed E-state index contributed by atoms with van der Waals surface area (Å²) in [6, 6.07) is 9.01. The molecule has 0 fully saturated rings. The molecular formula is C37H28F13NO4. The number of benzene rings is 4. The van der Waals surface area contributed by atoms with Crippen LogP contribution in [0.5, 0.6) is 5.75 Å². The second-order valence-electron chi connectivity index (χ2n) is 12.3. The summed E-state index contributed by atoms with van der Waals surface area (Å²) in [5.74, 6) is -9.03. The Balaban J connectivity index is 1.96. The largest absolute Gasteiger partial charge is 0.481 e. The van der Waals surface area contributed by atoms with Gasteiger partial charge in [-0.25, -0.2) is 13.2 Å². The number of halogens is 13. The molecule has 0 aliphatic rings. The maximum atomic E-state index is 15.2. The molecule has 0 saturated heterocycles. The highest BCUT2D eigenvalue weighted by molar-refractivity contribution is 5.95. The van der Waals surface area contributed by atoms with Gasteiger partial charge in [-0.05, 0) is 84.0 Å². The van der Waals surface area contributed by atoms with E-state index in [1.165, 1.54) is 24.3 Å². The van der Waals surface area contributed by atoms with Crippen molar-refractivity contribution in [3.8, 4) is 5.75 Å². The molecule has 1 unspecified atom stereocenters. The number of aryl methyl sites for hydroxylation is 1. The third-order valence-corrected chi connectivity index (χ3v) is 8.35. The minimum atomic E-state index is -5.42. The molecule has 55 heavy (non-hydrogen) atoms. The molecule has 0 heterocycles. The summed E-state index contributed by atoms with van der Waals surface area (Å²) in [5.41, 5.74) is -8.26. The van der Waals surface area contributed by atoms with Gasteiger partial charge in [-0.3, -0.25) is 9.59 Å². The van der Waals surface area contributed by atoms with Crippen LogP contribution in [0.2, 0.25) is 0 Å². The molecular weight excluding hydrogens is 769 g/mol. The molecule has 4 rings (SSSR count). The molecule has 0 aliphatic carbocycles. The number of amides is 1. The third kappa shape index (κ3) is 10.7. The van der Waals surface area contributed by atoms with Crippen LogP contribution in [0.1, 0.15) is 69.4 Å². The van der Waals surface area contributed by atoms with E-state index in [1.807, 2.05) is 0 Å². The summed E-state index contributed by atoms with van der Waals surface area (Å²) in [7, 11) is 0. The van der Waals surface area contributed by atoms with Crippen LogP contribution in [0.25, 0.3) is 0 Å². The van der Waals surface area contributed by atoms with E-state index >= 15 is 4.39 Å². The van der Waals surface area contributed by atoms with Crippen molar-refractivity contribution in [3.05, 3.63) is 135 Å². The van der Waals surface area contributed by atoms with Crippen molar-refractivity contribution < 1.29 is 76.5 Å². The number of ether oxygens (including phenoxy) is 1. The smallest absolute Gasteiger partial charge is 0.461 e. The van der Waals surface area contributed by atoms with Gasteiger partial charge in [0.1, 0.15) is 23.2 Å². The molecule has 2 N–H and O–H groups in total. The highest BCUT2D eigenvalue weighted by Crippen LogP contribution is 2.41. The molecule has 1 amide bonds. The Morgan fingerprint density at radius 1 is 0.673 bits per heavy atom. The number of carbonyl (C=O) groups excluding carboxylic acids is 1. The van der Waals surface area contributed by atoms with Gasteiger partial charge in [0, 0.05) is 24.5 Å². The van der Waals surface area contributed by atoms with Crippen LogP contribution >= 0.6 is 0 Å². The molecule has 0 aromatic heterocycles. The fraction of sp³-hybridized carbons (Fsp3) is 0.297.